The minimum atomic E-state index is 0.531. The van der Waals surface area contributed by atoms with E-state index in [0.717, 1.165) is 17.9 Å². The molecular weight excluding hydrogens is 222 g/mol. The first-order valence-electron chi connectivity index (χ1n) is 8.08. The lowest BCUT2D eigenvalue weighted by Crippen LogP contribution is -2.38. The predicted molar refractivity (Wildman–Crippen MR) is 76.8 cm³/mol. The third-order valence-corrected chi connectivity index (χ3v) is 5.25. The maximum atomic E-state index is 5.43. The molecule has 0 spiro atoms. The van der Waals surface area contributed by atoms with Gasteiger partial charge in [-0.2, -0.15) is 0 Å². The Morgan fingerprint density at radius 3 is 2.06 bits per heavy atom. The molecule has 0 aromatic rings. The molecule has 2 rings (SSSR count). The Morgan fingerprint density at radius 1 is 0.889 bits per heavy atom. The highest BCUT2D eigenvalue weighted by Crippen LogP contribution is 2.30. The van der Waals surface area contributed by atoms with E-state index in [-0.39, 0.29) is 0 Å². The number of hydrogen-bond donors (Lipinski definition) is 1. The van der Waals surface area contributed by atoms with E-state index in [4.69, 9.17) is 4.74 Å². The van der Waals surface area contributed by atoms with E-state index < -0.39 is 0 Å². The Labute approximate surface area is 113 Å². The summed E-state index contributed by atoms with van der Waals surface area (Å²) >= 11 is 0. The van der Waals surface area contributed by atoms with Gasteiger partial charge >= 0.3 is 0 Å². The molecule has 0 atom stereocenters. The summed E-state index contributed by atoms with van der Waals surface area (Å²) in [6.45, 7) is 3.61. The molecule has 2 aliphatic carbocycles. The van der Waals surface area contributed by atoms with E-state index >= 15 is 0 Å². The minimum Gasteiger partial charge on any atom is -0.381 e. The molecule has 0 aromatic carbocycles. The maximum Gasteiger partial charge on any atom is 0.0572 e. The van der Waals surface area contributed by atoms with E-state index in [2.05, 4.69) is 12.2 Å². The van der Waals surface area contributed by atoms with Gasteiger partial charge in [-0.05, 0) is 56.9 Å². The van der Waals surface area contributed by atoms with E-state index in [0.29, 0.717) is 6.10 Å². The third kappa shape index (κ3) is 4.24. The van der Waals surface area contributed by atoms with Crippen LogP contribution in [0.5, 0.6) is 0 Å². The molecule has 0 radical (unpaired) electrons. The predicted octanol–water partition coefficient (Wildman–Crippen LogP) is 3.75. The molecule has 0 amide bonds. The Morgan fingerprint density at radius 2 is 1.50 bits per heavy atom. The number of nitrogens with one attached hydrogen (secondary N) is 1. The summed E-state index contributed by atoms with van der Waals surface area (Å²) in [4.78, 5) is 0. The van der Waals surface area contributed by atoms with Crippen molar-refractivity contribution in [2.24, 2.45) is 11.8 Å². The molecule has 1 N–H and O–H groups in total. The summed E-state index contributed by atoms with van der Waals surface area (Å²) in [5.41, 5.74) is 0. The van der Waals surface area contributed by atoms with Crippen LogP contribution >= 0.6 is 0 Å². The molecule has 0 aromatic heterocycles. The van der Waals surface area contributed by atoms with Crippen molar-refractivity contribution in [3.8, 4) is 0 Å². The van der Waals surface area contributed by atoms with Crippen molar-refractivity contribution in [1.29, 1.82) is 0 Å². The summed E-state index contributed by atoms with van der Waals surface area (Å²) < 4.78 is 5.43. The summed E-state index contributed by atoms with van der Waals surface area (Å²) in [7, 11) is 1.85. The Kier molecular flexibility index (Phi) is 5.97. The van der Waals surface area contributed by atoms with Crippen LogP contribution in [0.15, 0.2) is 0 Å². The SMILES string of the molecule is CCC1CCC(CNC2CCC(OC)CC2)CC1. The lowest BCUT2D eigenvalue weighted by Gasteiger charge is -2.32. The molecule has 2 nitrogen and oxygen atoms in total. The summed E-state index contributed by atoms with van der Waals surface area (Å²) in [5, 5.41) is 3.81. The first-order chi connectivity index (χ1) is 8.81. The number of methoxy groups -OCH3 is 1. The lowest BCUT2D eigenvalue weighted by molar-refractivity contribution is 0.0617. The topological polar surface area (TPSA) is 21.3 Å². The van der Waals surface area contributed by atoms with Crippen molar-refractivity contribution in [3.63, 3.8) is 0 Å². The average Bonchev–Trinajstić information content (AvgIpc) is 2.46. The molecule has 2 aliphatic rings. The first kappa shape index (κ1) is 14.3. The maximum absolute atomic E-state index is 5.43. The fourth-order valence-electron chi connectivity index (χ4n) is 3.68. The zero-order chi connectivity index (χ0) is 12.8. The van der Waals surface area contributed by atoms with Gasteiger partial charge in [-0.25, -0.2) is 0 Å². The molecular formula is C16H31NO. The van der Waals surface area contributed by atoms with Crippen molar-refractivity contribution >= 4 is 0 Å². The highest BCUT2D eigenvalue weighted by Gasteiger charge is 2.23. The van der Waals surface area contributed by atoms with E-state index in [1.807, 2.05) is 7.11 Å². The van der Waals surface area contributed by atoms with Gasteiger partial charge in [0.1, 0.15) is 0 Å². The first-order valence-corrected chi connectivity index (χ1v) is 8.08. The highest BCUT2D eigenvalue weighted by molar-refractivity contribution is 4.80. The van der Waals surface area contributed by atoms with Crippen molar-refractivity contribution in [2.45, 2.75) is 76.9 Å². The summed E-state index contributed by atoms with van der Waals surface area (Å²) in [5.74, 6) is 1.98. The van der Waals surface area contributed by atoms with Gasteiger partial charge in [0.2, 0.25) is 0 Å². The van der Waals surface area contributed by atoms with Gasteiger partial charge in [0.05, 0.1) is 6.10 Å². The smallest absolute Gasteiger partial charge is 0.0572 e. The number of hydrogen-bond acceptors (Lipinski definition) is 2. The highest BCUT2D eigenvalue weighted by atomic mass is 16.5. The van der Waals surface area contributed by atoms with Crippen LogP contribution in [0.2, 0.25) is 0 Å². The van der Waals surface area contributed by atoms with Crippen molar-refractivity contribution in [3.05, 3.63) is 0 Å². The van der Waals surface area contributed by atoms with Gasteiger partial charge < -0.3 is 10.1 Å². The summed E-state index contributed by atoms with van der Waals surface area (Å²) in [6, 6.07) is 0.764. The second-order valence-corrected chi connectivity index (χ2v) is 6.41. The van der Waals surface area contributed by atoms with Crippen LogP contribution in [-0.2, 0) is 4.74 Å². The van der Waals surface area contributed by atoms with Gasteiger partial charge in [0.25, 0.3) is 0 Å². The number of ether oxygens (including phenoxy) is 1. The third-order valence-electron chi connectivity index (χ3n) is 5.25. The molecule has 2 heteroatoms. The standard InChI is InChI=1S/C16H31NO/c1-3-13-4-6-14(7-5-13)12-17-15-8-10-16(18-2)11-9-15/h13-17H,3-12H2,1-2H3. The number of rotatable bonds is 5. The second-order valence-electron chi connectivity index (χ2n) is 6.41. The van der Waals surface area contributed by atoms with Gasteiger partial charge in [-0.3, -0.25) is 0 Å². The fraction of sp³-hybridized carbons (Fsp3) is 1.00. The van der Waals surface area contributed by atoms with E-state index in [9.17, 15) is 0 Å². The molecule has 0 bridgehead atoms. The van der Waals surface area contributed by atoms with Crippen molar-refractivity contribution in [1.82, 2.24) is 5.32 Å². The van der Waals surface area contributed by atoms with E-state index in [1.54, 1.807) is 0 Å². The molecule has 0 aliphatic heterocycles. The Balaban J connectivity index is 1.58. The van der Waals surface area contributed by atoms with Crippen LogP contribution in [0.1, 0.15) is 64.7 Å². The van der Waals surface area contributed by atoms with Crippen LogP contribution in [-0.4, -0.2) is 25.8 Å². The molecule has 106 valence electrons. The Bertz CT molecular complexity index is 191. The monoisotopic (exact) mass is 253 g/mol. The molecule has 2 fully saturated rings. The van der Waals surface area contributed by atoms with Crippen molar-refractivity contribution in [2.75, 3.05) is 13.7 Å². The lowest BCUT2D eigenvalue weighted by atomic mass is 9.80. The molecule has 0 saturated heterocycles. The molecule has 0 unspecified atom stereocenters. The van der Waals surface area contributed by atoms with Crippen LogP contribution in [0.3, 0.4) is 0 Å². The zero-order valence-electron chi connectivity index (χ0n) is 12.3. The molecule has 2 saturated carbocycles. The Hall–Kier alpha value is -0.0800. The molecule has 0 heterocycles. The average molecular weight is 253 g/mol. The van der Waals surface area contributed by atoms with Gasteiger partial charge in [0.15, 0.2) is 0 Å². The van der Waals surface area contributed by atoms with Crippen LogP contribution in [0.25, 0.3) is 0 Å². The van der Waals surface area contributed by atoms with Crippen molar-refractivity contribution < 1.29 is 4.74 Å². The summed E-state index contributed by atoms with van der Waals surface area (Å²) in [6.07, 6.45) is 12.9. The minimum absolute atomic E-state index is 0.531. The molecule has 18 heavy (non-hydrogen) atoms. The van der Waals surface area contributed by atoms with Gasteiger partial charge in [0, 0.05) is 13.2 Å². The van der Waals surface area contributed by atoms with Crippen LogP contribution in [0, 0.1) is 11.8 Å². The fourth-order valence-corrected chi connectivity index (χ4v) is 3.68. The van der Waals surface area contributed by atoms with Crippen LogP contribution in [0.4, 0.5) is 0 Å². The normalized spacial score (nSPS) is 37.7. The second kappa shape index (κ2) is 7.49. The largest absolute Gasteiger partial charge is 0.381 e. The van der Waals surface area contributed by atoms with Gasteiger partial charge in [-0.1, -0.05) is 26.2 Å². The quantitative estimate of drug-likeness (QED) is 0.805. The van der Waals surface area contributed by atoms with Crippen LogP contribution < -0.4 is 5.32 Å². The van der Waals surface area contributed by atoms with E-state index in [1.165, 1.54) is 64.3 Å². The zero-order valence-corrected chi connectivity index (χ0v) is 12.3. The van der Waals surface area contributed by atoms with Gasteiger partial charge in [-0.15, -0.1) is 0 Å².